The summed E-state index contributed by atoms with van der Waals surface area (Å²) in [5.41, 5.74) is 2.68. The largest absolute Gasteiger partial charge is 1.00 e. The van der Waals surface area contributed by atoms with E-state index in [0.717, 1.165) is 0 Å². The van der Waals surface area contributed by atoms with Gasteiger partial charge in [-0.15, -0.1) is 0 Å². The number of benzene rings is 3. The summed E-state index contributed by atoms with van der Waals surface area (Å²) >= 11 is -8.99. The van der Waals surface area contributed by atoms with Crippen LogP contribution in [0.3, 0.4) is 0 Å². The summed E-state index contributed by atoms with van der Waals surface area (Å²) < 4.78 is 49.4. The summed E-state index contributed by atoms with van der Waals surface area (Å²) in [5.74, 6) is 0. The summed E-state index contributed by atoms with van der Waals surface area (Å²) in [4.78, 5) is 4.17. The van der Waals surface area contributed by atoms with Crippen LogP contribution >= 0.6 is 0 Å². The van der Waals surface area contributed by atoms with Crippen molar-refractivity contribution in [2.45, 2.75) is 28.5 Å². The zero-order chi connectivity index (χ0) is 20.1. The molecule has 0 aliphatic heterocycles. The standard InChI is InChI=1S/C20H19S.AsF5.FH/c1-16-13-14-17(2)20(15-16)21(18-9-5-3-6-10-18)19-11-7-4-8-12-19;2-1(3,4,5)6;/h3-15H,1-2H3;;1H/q+1;;/p-1. The number of halogens is 6. The van der Waals surface area contributed by atoms with Crippen LogP contribution in [0.25, 0.3) is 0 Å². The topological polar surface area (TPSA) is 0 Å². The Morgan fingerprint density at radius 1 is 0.643 bits per heavy atom. The van der Waals surface area contributed by atoms with E-state index in [-0.39, 0.29) is 15.6 Å². The molecule has 0 atom stereocenters. The van der Waals surface area contributed by atoms with Gasteiger partial charge in [-0.25, -0.2) is 0 Å². The van der Waals surface area contributed by atoms with E-state index in [4.69, 9.17) is 0 Å². The third-order valence-corrected chi connectivity index (χ3v) is 5.89. The van der Waals surface area contributed by atoms with Gasteiger partial charge in [0.25, 0.3) is 0 Å². The van der Waals surface area contributed by atoms with E-state index in [2.05, 4.69) is 92.7 Å². The molecule has 0 heterocycles. The molecule has 8 heteroatoms. The van der Waals surface area contributed by atoms with Gasteiger partial charge < -0.3 is 4.70 Å². The minimum Gasteiger partial charge on any atom is -1.00 e. The van der Waals surface area contributed by atoms with Crippen molar-refractivity contribution in [1.82, 2.24) is 0 Å². The molecule has 3 aromatic rings. The van der Waals surface area contributed by atoms with Crippen LogP contribution in [0.15, 0.2) is 93.5 Å². The van der Waals surface area contributed by atoms with Crippen molar-refractivity contribution < 1.29 is 22.0 Å². The molecule has 0 N–H and O–H groups in total. The summed E-state index contributed by atoms with van der Waals surface area (Å²) in [7, 11) is -0.0365. The SMILES string of the molecule is Cc1ccc(C)c([S+](c2ccccc2)c2ccccc2)c1.F[As](F)(F)(F)F.[F-]. The van der Waals surface area contributed by atoms with E-state index in [0.29, 0.717) is 0 Å². The Kier molecular flexibility index (Phi) is 8.27. The van der Waals surface area contributed by atoms with Crippen molar-refractivity contribution in [2.75, 3.05) is 0 Å². The summed E-state index contributed by atoms with van der Waals surface area (Å²) in [6.07, 6.45) is 0. The molecule has 0 aliphatic carbocycles. The van der Waals surface area contributed by atoms with E-state index in [1.54, 1.807) is 0 Å². The van der Waals surface area contributed by atoms with Crippen LogP contribution in [0.2, 0.25) is 0 Å². The fourth-order valence-corrected chi connectivity index (χ4v) is 4.76. The third-order valence-electron chi connectivity index (χ3n) is 3.52. The van der Waals surface area contributed by atoms with Gasteiger partial charge in [0.05, 0.1) is 10.9 Å². The van der Waals surface area contributed by atoms with E-state index in [1.807, 2.05) is 0 Å². The second kappa shape index (κ2) is 9.57. The molecule has 3 rings (SSSR count). The quantitative estimate of drug-likeness (QED) is 0.301. The molecule has 0 bridgehead atoms. The smallest absolute Gasteiger partial charge is 1.00 e. The molecule has 0 aromatic heterocycles. The molecule has 0 aliphatic rings. The summed E-state index contributed by atoms with van der Waals surface area (Å²) in [6.45, 7) is 4.38. The first-order valence-electron chi connectivity index (χ1n) is 8.02. The fraction of sp³-hybridized carbons (Fsp3) is 0.100. The maximum absolute atomic E-state index is 9.89. The Morgan fingerprint density at radius 3 is 1.43 bits per heavy atom. The van der Waals surface area contributed by atoms with Gasteiger partial charge in [0.2, 0.25) is 0 Å². The molecular formula is C20H19AsF6S. The normalized spacial score (nSPS) is 12.2. The van der Waals surface area contributed by atoms with Crippen LogP contribution < -0.4 is 4.70 Å². The maximum atomic E-state index is 9.89. The van der Waals surface area contributed by atoms with Gasteiger partial charge in [-0.2, -0.15) is 0 Å². The van der Waals surface area contributed by atoms with Crippen LogP contribution in [-0.4, -0.2) is 14.8 Å². The van der Waals surface area contributed by atoms with Gasteiger partial charge >= 0.3 is 32.1 Å². The van der Waals surface area contributed by atoms with Gasteiger partial charge in [0.1, 0.15) is 0 Å². The molecule has 0 unspecified atom stereocenters. The summed E-state index contributed by atoms with van der Waals surface area (Å²) in [5, 5.41) is 0. The zero-order valence-corrected chi connectivity index (χ0v) is 17.8. The molecule has 0 saturated carbocycles. The van der Waals surface area contributed by atoms with Crippen LogP contribution in [0.5, 0.6) is 0 Å². The van der Waals surface area contributed by atoms with Crippen LogP contribution in [0, 0.1) is 13.8 Å². The van der Waals surface area contributed by atoms with Crippen LogP contribution in [-0.2, 0) is 10.9 Å². The second-order valence-electron chi connectivity index (χ2n) is 5.84. The van der Waals surface area contributed by atoms with Gasteiger partial charge in [-0.3, -0.25) is 0 Å². The van der Waals surface area contributed by atoms with Crippen molar-refractivity contribution in [3.05, 3.63) is 90.0 Å². The van der Waals surface area contributed by atoms with Gasteiger partial charge in [0.15, 0.2) is 14.7 Å². The van der Waals surface area contributed by atoms with Gasteiger partial charge in [-0.1, -0.05) is 48.5 Å². The average Bonchev–Trinajstić information content (AvgIpc) is 2.58. The second-order valence-corrected chi connectivity index (χ2v) is 10.5. The van der Waals surface area contributed by atoms with E-state index < -0.39 is 14.8 Å². The number of hydrogen-bond acceptors (Lipinski definition) is 0. The number of rotatable bonds is 3. The molecule has 0 radical (unpaired) electrons. The van der Waals surface area contributed by atoms with Crippen molar-refractivity contribution in [3.63, 3.8) is 0 Å². The van der Waals surface area contributed by atoms with E-state index in [1.165, 1.54) is 25.8 Å². The monoisotopic (exact) mass is 480 g/mol. The Hall–Kier alpha value is -1.85. The van der Waals surface area contributed by atoms with Crippen LogP contribution in [0.4, 0.5) is 17.3 Å². The third kappa shape index (κ3) is 8.44. The fourth-order valence-electron chi connectivity index (χ4n) is 2.43. The minimum absolute atomic E-state index is 0. The average molecular weight is 480 g/mol. The van der Waals surface area contributed by atoms with E-state index >= 15 is 0 Å². The van der Waals surface area contributed by atoms with E-state index in [9.17, 15) is 17.3 Å². The molecule has 0 saturated heterocycles. The minimum atomic E-state index is -8.99. The van der Waals surface area contributed by atoms with Gasteiger partial charge in [0, 0.05) is 5.56 Å². The van der Waals surface area contributed by atoms with Gasteiger partial charge in [-0.05, 0) is 49.7 Å². The summed E-state index contributed by atoms with van der Waals surface area (Å²) in [6, 6.07) is 28.4. The first-order chi connectivity index (χ1) is 12.5. The zero-order valence-electron chi connectivity index (χ0n) is 15.1. The molecule has 0 nitrogen and oxygen atoms in total. The van der Waals surface area contributed by atoms with Crippen molar-refractivity contribution in [2.24, 2.45) is 0 Å². The maximum Gasteiger partial charge on any atom is -1.00 e. The number of aryl methyl sites for hydroxylation is 2. The van der Waals surface area contributed by atoms with Crippen LogP contribution in [0.1, 0.15) is 11.1 Å². The van der Waals surface area contributed by atoms with Crippen molar-refractivity contribution in [1.29, 1.82) is 0 Å². The molecule has 28 heavy (non-hydrogen) atoms. The predicted molar refractivity (Wildman–Crippen MR) is 102 cm³/mol. The molecule has 152 valence electrons. The first-order valence-corrected chi connectivity index (χ1v) is 12.8. The molecule has 0 fully saturated rings. The Labute approximate surface area is 166 Å². The molecule has 3 aromatic carbocycles. The molecule has 0 amide bonds. The Morgan fingerprint density at radius 2 is 1.04 bits per heavy atom. The van der Waals surface area contributed by atoms with Crippen molar-refractivity contribution >= 4 is 25.7 Å². The first kappa shape index (κ1) is 24.2. The molecule has 0 spiro atoms. The molecular weight excluding hydrogens is 461 g/mol. The Bertz CT molecular complexity index is 823. The predicted octanol–water partition coefficient (Wildman–Crippen LogP) is 4.12. The number of hydrogen-bond donors (Lipinski definition) is 0. The van der Waals surface area contributed by atoms with Crippen molar-refractivity contribution in [3.8, 4) is 0 Å². The Balaban J connectivity index is 0.000000492.